The molecule has 1 aromatic heterocycles. The van der Waals surface area contributed by atoms with E-state index in [4.69, 9.17) is 4.74 Å². The summed E-state index contributed by atoms with van der Waals surface area (Å²) in [6, 6.07) is 8.23. The second kappa shape index (κ2) is 6.75. The van der Waals surface area contributed by atoms with Gasteiger partial charge < -0.3 is 10.1 Å². The van der Waals surface area contributed by atoms with Crippen LogP contribution in [0.5, 0.6) is 5.75 Å². The molecular weight excluding hydrogens is 357 g/mol. The Hall–Kier alpha value is -3.35. The maximum atomic E-state index is 13.7. The number of fused-ring (bicyclic) bond motifs is 1. The number of pyridine rings is 1. The fourth-order valence-corrected chi connectivity index (χ4v) is 2.94. The molecule has 2 aromatic carbocycles. The number of carbonyl (C=O) groups excluding carboxylic acids is 1. The normalized spacial score (nSPS) is 12.4. The summed E-state index contributed by atoms with van der Waals surface area (Å²) in [7, 11) is 0. The van der Waals surface area contributed by atoms with Crippen molar-refractivity contribution in [3.63, 3.8) is 0 Å². The van der Waals surface area contributed by atoms with Crippen LogP contribution >= 0.6 is 0 Å². The molecule has 0 atom stereocenters. The van der Waals surface area contributed by atoms with Gasteiger partial charge in [0.05, 0.1) is 12.2 Å². The van der Waals surface area contributed by atoms with Crippen molar-refractivity contribution in [3.05, 3.63) is 77.4 Å². The van der Waals surface area contributed by atoms with Gasteiger partial charge in [0.1, 0.15) is 17.3 Å². The number of ether oxygens (including phenoxy) is 1. The Kier molecular flexibility index (Phi) is 4.27. The summed E-state index contributed by atoms with van der Waals surface area (Å²) < 4.78 is 45.9. The lowest BCUT2D eigenvalue weighted by molar-refractivity contribution is 0.102. The average Bonchev–Trinajstić information content (AvgIpc) is 3.12. The van der Waals surface area contributed by atoms with Gasteiger partial charge >= 0.3 is 0 Å². The molecule has 4 nitrogen and oxygen atoms in total. The van der Waals surface area contributed by atoms with Crippen molar-refractivity contribution >= 4 is 11.6 Å². The van der Waals surface area contributed by atoms with E-state index < -0.39 is 29.0 Å². The monoisotopic (exact) mass is 370 g/mol. The van der Waals surface area contributed by atoms with E-state index in [2.05, 4.69) is 10.3 Å². The number of rotatable bonds is 3. The molecule has 7 heteroatoms. The minimum Gasteiger partial charge on any atom is -0.493 e. The zero-order valence-electron chi connectivity index (χ0n) is 13.9. The minimum absolute atomic E-state index is 0.118. The Morgan fingerprint density at radius 1 is 1.00 bits per heavy atom. The van der Waals surface area contributed by atoms with E-state index in [0.717, 1.165) is 23.3 Å². The molecule has 0 radical (unpaired) electrons. The highest BCUT2D eigenvalue weighted by molar-refractivity contribution is 6.04. The van der Waals surface area contributed by atoms with Crippen LogP contribution in [0.25, 0.3) is 11.1 Å². The number of aromatic nitrogens is 1. The van der Waals surface area contributed by atoms with Crippen molar-refractivity contribution in [2.24, 2.45) is 0 Å². The molecule has 1 N–H and O–H groups in total. The third-order valence-corrected chi connectivity index (χ3v) is 4.27. The topological polar surface area (TPSA) is 51.2 Å². The first kappa shape index (κ1) is 17.1. The van der Waals surface area contributed by atoms with Gasteiger partial charge in [0.25, 0.3) is 5.91 Å². The van der Waals surface area contributed by atoms with Gasteiger partial charge in [0, 0.05) is 36.5 Å². The molecule has 0 spiro atoms. The molecular formula is C20H13F3N2O2. The fourth-order valence-electron chi connectivity index (χ4n) is 2.94. The summed E-state index contributed by atoms with van der Waals surface area (Å²) in [6.45, 7) is 0.633. The van der Waals surface area contributed by atoms with Crippen molar-refractivity contribution < 1.29 is 22.7 Å². The van der Waals surface area contributed by atoms with Crippen LogP contribution in [0.2, 0.25) is 0 Å². The maximum Gasteiger partial charge on any atom is 0.257 e. The third-order valence-electron chi connectivity index (χ3n) is 4.27. The minimum atomic E-state index is -1.19. The lowest BCUT2D eigenvalue weighted by Gasteiger charge is -2.09. The van der Waals surface area contributed by atoms with Gasteiger partial charge in [-0.25, -0.2) is 13.2 Å². The van der Waals surface area contributed by atoms with E-state index in [0.29, 0.717) is 24.3 Å². The van der Waals surface area contributed by atoms with Gasteiger partial charge in [-0.2, -0.15) is 0 Å². The number of anilines is 1. The molecule has 0 aliphatic carbocycles. The van der Waals surface area contributed by atoms with Crippen molar-refractivity contribution in [1.29, 1.82) is 0 Å². The highest BCUT2D eigenvalue weighted by Crippen LogP contribution is 2.30. The second-order valence-corrected chi connectivity index (χ2v) is 6.08. The maximum absolute atomic E-state index is 13.7. The van der Waals surface area contributed by atoms with E-state index in [1.165, 1.54) is 6.20 Å². The Morgan fingerprint density at radius 2 is 1.78 bits per heavy atom. The highest BCUT2D eigenvalue weighted by Gasteiger charge is 2.17. The molecule has 0 bridgehead atoms. The summed E-state index contributed by atoms with van der Waals surface area (Å²) in [5, 5.41) is 2.13. The average molecular weight is 370 g/mol. The van der Waals surface area contributed by atoms with Crippen molar-refractivity contribution in [3.8, 4) is 16.9 Å². The fraction of sp³-hybridized carbons (Fsp3) is 0.100. The Morgan fingerprint density at radius 3 is 2.56 bits per heavy atom. The van der Waals surface area contributed by atoms with Crippen LogP contribution in [-0.4, -0.2) is 17.5 Å². The number of benzene rings is 2. The second-order valence-electron chi connectivity index (χ2n) is 6.08. The van der Waals surface area contributed by atoms with E-state index in [1.54, 1.807) is 12.3 Å². The van der Waals surface area contributed by atoms with Gasteiger partial charge in [-0.05, 0) is 29.3 Å². The van der Waals surface area contributed by atoms with E-state index in [9.17, 15) is 18.0 Å². The predicted octanol–water partition coefficient (Wildman–Crippen LogP) is 4.35. The molecule has 3 aromatic rings. The molecule has 1 amide bonds. The van der Waals surface area contributed by atoms with Crippen LogP contribution in [0.4, 0.5) is 18.9 Å². The Balaban J connectivity index is 1.62. The third kappa shape index (κ3) is 3.36. The van der Waals surface area contributed by atoms with Crippen LogP contribution in [0.15, 0.2) is 48.8 Å². The van der Waals surface area contributed by atoms with Gasteiger partial charge in [-0.1, -0.05) is 6.07 Å². The van der Waals surface area contributed by atoms with Crippen LogP contribution in [0.1, 0.15) is 15.9 Å². The molecule has 0 saturated carbocycles. The van der Waals surface area contributed by atoms with E-state index in [-0.39, 0.29) is 5.56 Å². The van der Waals surface area contributed by atoms with Gasteiger partial charge in [0.2, 0.25) is 0 Å². The number of carbonyl (C=O) groups is 1. The van der Waals surface area contributed by atoms with Gasteiger partial charge in [0.15, 0.2) is 11.6 Å². The number of hydrogen-bond donors (Lipinski definition) is 1. The zero-order chi connectivity index (χ0) is 19.0. The SMILES string of the molecule is O=C(Nc1c(F)cc(F)cc1F)c1cncc(-c2ccc3c(c2)CCO3)c1. The van der Waals surface area contributed by atoms with Crippen LogP contribution < -0.4 is 10.1 Å². The number of nitrogens with one attached hydrogen (secondary N) is 1. The molecule has 1 aliphatic heterocycles. The molecule has 0 saturated heterocycles. The van der Waals surface area contributed by atoms with Gasteiger partial charge in [-0.3, -0.25) is 9.78 Å². The molecule has 0 unspecified atom stereocenters. The number of hydrogen-bond acceptors (Lipinski definition) is 3. The largest absolute Gasteiger partial charge is 0.493 e. The van der Waals surface area contributed by atoms with Crippen LogP contribution in [0, 0.1) is 17.5 Å². The summed E-state index contributed by atoms with van der Waals surface area (Å²) in [5.41, 5.74) is 2.00. The predicted molar refractivity (Wildman–Crippen MR) is 93.1 cm³/mol. The van der Waals surface area contributed by atoms with Crippen molar-refractivity contribution in [2.75, 3.05) is 11.9 Å². The first-order valence-electron chi connectivity index (χ1n) is 8.18. The number of halogens is 3. The van der Waals surface area contributed by atoms with E-state index in [1.807, 2.05) is 18.2 Å². The molecule has 0 fully saturated rings. The smallest absolute Gasteiger partial charge is 0.257 e. The molecule has 136 valence electrons. The number of nitrogens with zero attached hydrogens (tertiary/aromatic N) is 1. The summed E-state index contributed by atoms with van der Waals surface area (Å²) >= 11 is 0. The summed E-state index contributed by atoms with van der Waals surface area (Å²) in [6.07, 6.45) is 3.68. The Labute approximate surface area is 152 Å². The molecule has 4 rings (SSSR count). The Bertz CT molecular complexity index is 1030. The first-order valence-corrected chi connectivity index (χ1v) is 8.18. The van der Waals surface area contributed by atoms with Crippen molar-refractivity contribution in [1.82, 2.24) is 4.98 Å². The standard InChI is InChI=1S/C20H13F3N2O2/c21-15-7-16(22)19(17(23)8-15)25-20(26)14-6-13(9-24-10-14)11-1-2-18-12(5-11)3-4-27-18/h1-2,5-10H,3-4H2,(H,25,26). The molecule has 1 aliphatic rings. The summed E-state index contributed by atoms with van der Waals surface area (Å²) in [5.74, 6) is -3.36. The van der Waals surface area contributed by atoms with Crippen molar-refractivity contribution in [2.45, 2.75) is 6.42 Å². The quantitative estimate of drug-likeness (QED) is 0.746. The lowest BCUT2D eigenvalue weighted by Crippen LogP contribution is -2.15. The van der Waals surface area contributed by atoms with Crippen LogP contribution in [0.3, 0.4) is 0 Å². The van der Waals surface area contributed by atoms with Gasteiger partial charge in [-0.15, -0.1) is 0 Å². The zero-order valence-corrected chi connectivity index (χ0v) is 13.9. The molecule has 2 heterocycles. The molecule has 27 heavy (non-hydrogen) atoms. The van der Waals surface area contributed by atoms with Crippen LogP contribution in [-0.2, 0) is 6.42 Å². The summed E-state index contributed by atoms with van der Waals surface area (Å²) in [4.78, 5) is 16.4. The van der Waals surface area contributed by atoms with E-state index >= 15 is 0 Å². The lowest BCUT2D eigenvalue weighted by atomic mass is 10.0. The first-order chi connectivity index (χ1) is 13.0. The number of amides is 1. The highest BCUT2D eigenvalue weighted by atomic mass is 19.1.